The fraction of sp³-hybridized carbons (Fsp3) is 0.0769. The van der Waals surface area contributed by atoms with Crippen LogP contribution in [0.25, 0.3) is 0 Å². The van der Waals surface area contributed by atoms with Gasteiger partial charge in [-0.15, -0.1) is 11.6 Å². The maximum absolute atomic E-state index is 5.88. The number of benzene rings is 2. The lowest BCUT2D eigenvalue weighted by molar-refractivity contribution is 0.482. The molecule has 0 saturated heterocycles. The Hall–Kier alpha value is -0.700. The van der Waals surface area contributed by atoms with Crippen molar-refractivity contribution in [3.05, 3.63) is 57.5 Å². The summed E-state index contributed by atoms with van der Waals surface area (Å²) < 4.78 is 6.62. The van der Waals surface area contributed by atoms with Crippen molar-refractivity contribution in [1.82, 2.24) is 0 Å². The molecule has 0 aliphatic heterocycles. The second kappa shape index (κ2) is 5.76. The molecule has 0 fully saturated rings. The van der Waals surface area contributed by atoms with Crippen LogP contribution in [0.15, 0.2) is 46.9 Å². The van der Waals surface area contributed by atoms with Crippen molar-refractivity contribution in [1.29, 1.82) is 0 Å². The van der Waals surface area contributed by atoms with Crippen LogP contribution in [0.5, 0.6) is 11.5 Å². The highest BCUT2D eigenvalue weighted by Gasteiger charge is 2.02. The minimum atomic E-state index is 0.470. The van der Waals surface area contributed by atoms with Gasteiger partial charge >= 0.3 is 0 Å². The van der Waals surface area contributed by atoms with E-state index in [0.29, 0.717) is 16.7 Å². The largest absolute Gasteiger partial charge is 0.457 e. The van der Waals surface area contributed by atoms with Crippen LogP contribution in [0.1, 0.15) is 5.56 Å². The number of alkyl halides is 1. The molecule has 0 aliphatic rings. The molecule has 88 valence electrons. The zero-order chi connectivity index (χ0) is 12.3. The number of ether oxygens (including phenoxy) is 1. The van der Waals surface area contributed by atoms with E-state index in [4.69, 9.17) is 27.9 Å². The quantitative estimate of drug-likeness (QED) is 0.662. The summed E-state index contributed by atoms with van der Waals surface area (Å²) >= 11 is 15.1. The van der Waals surface area contributed by atoms with E-state index in [1.807, 2.05) is 30.3 Å². The van der Waals surface area contributed by atoms with Crippen molar-refractivity contribution in [3.8, 4) is 11.5 Å². The van der Waals surface area contributed by atoms with Crippen LogP contribution in [0.2, 0.25) is 5.02 Å². The second-order valence-electron chi connectivity index (χ2n) is 3.45. The van der Waals surface area contributed by atoms with E-state index in [2.05, 4.69) is 15.9 Å². The van der Waals surface area contributed by atoms with Gasteiger partial charge in [-0.2, -0.15) is 0 Å². The molecule has 0 aliphatic carbocycles. The Balaban J connectivity index is 2.22. The van der Waals surface area contributed by atoms with Gasteiger partial charge in [0.2, 0.25) is 0 Å². The topological polar surface area (TPSA) is 9.23 Å². The first-order valence-electron chi connectivity index (χ1n) is 4.97. The van der Waals surface area contributed by atoms with E-state index in [1.54, 1.807) is 12.1 Å². The van der Waals surface area contributed by atoms with Crippen LogP contribution in [-0.4, -0.2) is 0 Å². The van der Waals surface area contributed by atoms with Crippen molar-refractivity contribution < 1.29 is 4.74 Å². The van der Waals surface area contributed by atoms with Crippen LogP contribution < -0.4 is 4.74 Å². The predicted octanol–water partition coefficient (Wildman–Crippen LogP) is 5.63. The molecule has 0 heterocycles. The molecule has 2 aromatic rings. The molecule has 2 rings (SSSR count). The van der Waals surface area contributed by atoms with E-state index >= 15 is 0 Å². The van der Waals surface area contributed by atoms with Gasteiger partial charge in [-0.1, -0.05) is 39.7 Å². The van der Waals surface area contributed by atoms with Crippen LogP contribution in [-0.2, 0) is 5.88 Å². The molecular formula is C13H9BrCl2O. The van der Waals surface area contributed by atoms with E-state index in [0.717, 1.165) is 15.8 Å². The molecule has 17 heavy (non-hydrogen) atoms. The monoisotopic (exact) mass is 330 g/mol. The molecular weight excluding hydrogens is 323 g/mol. The highest BCUT2D eigenvalue weighted by Crippen LogP contribution is 2.28. The summed E-state index contributed by atoms with van der Waals surface area (Å²) in [6.45, 7) is 0. The van der Waals surface area contributed by atoms with Gasteiger partial charge in [-0.05, 0) is 35.9 Å². The van der Waals surface area contributed by atoms with Crippen LogP contribution in [0.4, 0.5) is 0 Å². The van der Waals surface area contributed by atoms with Gasteiger partial charge in [-0.25, -0.2) is 0 Å². The Morgan fingerprint density at radius 1 is 1.06 bits per heavy atom. The molecule has 0 unspecified atom stereocenters. The van der Waals surface area contributed by atoms with Gasteiger partial charge in [0.25, 0.3) is 0 Å². The summed E-state index contributed by atoms with van der Waals surface area (Å²) in [6.07, 6.45) is 0. The lowest BCUT2D eigenvalue weighted by Crippen LogP contribution is -1.86. The van der Waals surface area contributed by atoms with E-state index in [-0.39, 0.29) is 0 Å². The Labute approximate surface area is 118 Å². The molecule has 2 aromatic carbocycles. The number of hydrogen-bond acceptors (Lipinski definition) is 1. The maximum Gasteiger partial charge on any atom is 0.128 e. The Bertz CT molecular complexity index is 529. The molecule has 0 spiro atoms. The van der Waals surface area contributed by atoms with Crippen molar-refractivity contribution in [2.24, 2.45) is 0 Å². The molecule has 0 N–H and O–H groups in total. The van der Waals surface area contributed by atoms with E-state index < -0.39 is 0 Å². The Kier molecular flexibility index (Phi) is 4.32. The fourth-order valence-corrected chi connectivity index (χ4v) is 2.44. The summed E-state index contributed by atoms with van der Waals surface area (Å²) in [4.78, 5) is 0. The highest BCUT2D eigenvalue weighted by molar-refractivity contribution is 9.10. The molecule has 0 bridgehead atoms. The minimum Gasteiger partial charge on any atom is -0.457 e. The summed E-state index contributed by atoms with van der Waals surface area (Å²) in [7, 11) is 0. The smallest absolute Gasteiger partial charge is 0.128 e. The molecule has 1 nitrogen and oxygen atoms in total. The third-order valence-corrected chi connectivity index (χ3v) is 3.46. The maximum atomic E-state index is 5.88. The highest BCUT2D eigenvalue weighted by atomic mass is 79.9. The van der Waals surface area contributed by atoms with Gasteiger partial charge in [0, 0.05) is 15.4 Å². The van der Waals surface area contributed by atoms with Crippen LogP contribution in [0.3, 0.4) is 0 Å². The van der Waals surface area contributed by atoms with Crippen LogP contribution >= 0.6 is 39.1 Å². The Morgan fingerprint density at radius 2 is 1.82 bits per heavy atom. The summed E-state index contributed by atoms with van der Waals surface area (Å²) in [5.41, 5.74) is 1.03. The molecule has 0 amide bonds. The molecule has 4 heteroatoms. The second-order valence-corrected chi connectivity index (χ2v) is 5.00. The Morgan fingerprint density at radius 3 is 2.47 bits per heavy atom. The predicted molar refractivity (Wildman–Crippen MR) is 75.2 cm³/mol. The van der Waals surface area contributed by atoms with Gasteiger partial charge in [-0.3, -0.25) is 0 Å². The van der Waals surface area contributed by atoms with E-state index in [1.165, 1.54) is 0 Å². The van der Waals surface area contributed by atoms with Crippen molar-refractivity contribution in [3.63, 3.8) is 0 Å². The lowest BCUT2D eigenvalue weighted by Gasteiger charge is -2.08. The molecule has 0 radical (unpaired) electrons. The zero-order valence-corrected chi connectivity index (χ0v) is 11.9. The van der Waals surface area contributed by atoms with Gasteiger partial charge in [0.1, 0.15) is 11.5 Å². The first kappa shape index (κ1) is 12.7. The zero-order valence-electron chi connectivity index (χ0n) is 8.79. The lowest BCUT2D eigenvalue weighted by atomic mass is 10.2. The third kappa shape index (κ3) is 3.38. The number of rotatable bonds is 3. The van der Waals surface area contributed by atoms with Crippen LogP contribution in [0, 0.1) is 0 Å². The number of halogens is 3. The summed E-state index contributed by atoms with van der Waals surface area (Å²) in [5.74, 6) is 1.92. The number of hydrogen-bond donors (Lipinski definition) is 0. The van der Waals surface area contributed by atoms with Crippen molar-refractivity contribution in [2.75, 3.05) is 0 Å². The minimum absolute atomic E-state index is 0.470. The molecule has 0 saturated carbocycles. The van der Waals surface area contributed by atoms with Gasteiger partial charge in [0.05, 0.1) is 0 Å². The first-order chi connectivity index (χ1) is 8.19. The molecule has 0 atom stereocenters. The van der Waals surface area contributed by atoms with Gasteiger partial charge in [0.15, 0.2) is 0 Å². The fourth-order valence-electron chi connectivity index (χ4n) is 1.37. The van der Waals surface area contributed by atoms with E-state index in [9.17, 15) is 0 Å². The van der Waals surface area contributed by atoms with Crippen molar-refractivity contribution in [2.45, 2.75) is 5.88 Å². The van der Waals surface area contributed by atoms with Gasteiger partial charge < -0.3 is 4.74 Å². The average Bonchev–Trinajstić information content (AvgIpc) is 2.29. The summed E-state index contributed by atoms with van der Waals surface area (Å²) in [6, 6.07) is 13.0. The third-order valence-electron chi connectivity index (χ3n) is 2.20. The van der Waals surface area contributed by atoms with Crippen molar-refractivity contribution >= 4 is 39.1 Å². The standard InChI is InChI=1S/C13H9BrCl2O/c14-13-7-12(5-4-9(13)8-15)17-11-3-1-2-10(16)6-11/h1-7H,8H2. The SMILES string of the molecule is ClCc1ccc(Oc2cccc(Cl)c2)cc1Br. The normalized spacial score (nSPS) is 10.3. The summed E-state index contributed by atoms with van der Waals surface area (Å²) in [5, 5.41) is 0.652. The molecule has 0 aromatic heterocycles. The average molecular weight is 332 g/mol. The first-order valence-corrected chi connectivity index (χ1v) is 6.67.